The van der Waals surface area contributed by atoms with Crippen molar-refractivity contribution in [1.29, 1.82) is 0 Å². The first-order valence-corrected chi connectivity index (χ1v) is 11.0. The van der Waals surface area contributed by atoms with Gasteiger partial charge in [0.15, 0.2) is 5.13 Å². The third-order valence-corrected chi connectivity index (χ3v) is 6.90. The molecule has 2 heterocycles. The van der Waals surface area contributed by atoms with Gasteiger partial charge in [0.2, 0.25) is 11.8 Å². The van der Waals surface area contributed by atoms with Crippen molar-refractivity contribution in [1.82, 2.24) is 9.88 Å². The van der Waals surface area contributed by atoms with Gasteiger partial charge in [-0.1, -0.05) is 54.6 Å². The monoisotopic (exact) mass is 439 g/mol. The van der Waals surface area contributed by atoms with Crippen molar-refractivity contribution < 1.29 is 9.59 Å². The predicted molar refractivity (Wildman–Crippen MR) is 116 cm³/mol. The van der Waals surface area contributed by atoms with Crippen LogP contribution in [-0.2, 0) is 16.0 Å². The number of nitrogens with zero attached hydrogens (tertiary/aromatic N) is 2. The molecule has 0 aliphatic carbocycles. The molecule has 27 heavy (non-hydrogen) atoms. The molecule has 2 aromatic rings. The van der Waals surface area contributed by atoms with E-state index in [1.165, 1.54) is 28.0 Å². The number of hydrogen-bond acceptors (Lipinski definition) is 6. The summed E-state index contributed by atoms with van der Waals surface area (Å²) >= 11 is 14.1. The van der Waals surface area contributed by atoms with Crippen molar-refractivity contribution in [2.45, 2.75) is 31.4 Å². The molecule has 9 heteroatoms. The van der Waals surface area contributed by atoms with E-state index < -0.39 is 0 Å². The van der Waals surface area contributed by atoms with Crippen LogP contribution in [-0.4, -0.2) is 37.8 Å². The van der Waals surface area contributed by atoms with Crippen LogP contribution in [0.4, 0.5) is 5.13 Å². The molecule has 5 nitrogen and oxygen atoms in total. The molecule has 0 bridgehead atoms. The van der Waals surface area contributed by atoms with Crippen LogP contribution >= 0.6 is 46.9 Å². The lowest BCUT2D eigenvalue weighted by Crippen LogP contribution is -2.33. The molecule has 1 aliphatic rings. The van der Waals surface area contributed by atoms with Crippen LogP contribution in [0.2, 0.25) is 5.02 Å². The van der Waals surface area contributed by atoms with Crippen molar-refractivity contribution in [2.75, 3.05) is 11.9 Å². The number of thiocarbonyl (C=S) groups is 1. The van der Waals surface area contributed by atoms with Crippen molar-refractivity contribution in [3.8, 4) is 0 Å². The molecule has 3 rings (SSSR count). The number of halogens is 1. The lowest BCUT2D eigenvalue weighted by atomic mass is 10.1. The van der Waals surface area contributed by atoms with Crippen molar-refractivity contribution in [3.63, 3.8) is 0 Å². The van der Waals surface area contributed by atoms with Crippen LogP contribution < -0.4 is 5.32 Å². The maximum atomic E-state index is 12.2. The van der Waals surface area contributed by atoms with Crippen LogP contribution in [0.15, 0.2) is 30.5 Å². The van der Waals surface area contributed by atoms with E-state index in [9.17, 15) is 9.59 Å². The topological polar surface area (TPSA) is 62.3 Å². The minimum atomic E-state index is -0.181. The van der Waals surface area contributed by atoms with E-state index in [4.69, 9.17) is 23.8 Å². The molecule has 1 atom stereocenters. The molecule has 1 aliphatic heterocycles. The summed E-state index contributed by atoms with van der Waals surface area (Å²) in [6, 6.07) is 7.66. The van der Waals surface area contributed by atoms with Crippen molar-refractivity contribution in [2.24, 2.45) is 0 Å². The van der Waals surface area contributed by atoms with Gasteiger partial charge in [0, 0.05) is 35.5 Å². The zero-order valence-electron chi connectivity index (χ0n) is 14.6. The van der Waals surface area contributed by atoms with Crippen LogP contribution in [0.1, 0.15) is 30.2 Å². The maximum absolute atomic E-state index is 12.2. The Labute approximate surface area is 176 Å². The Balaban J connectivity index is 1.51. The van der Waals surface area contributed by atoms with Gasteiger partial charge in [0.1, 0.15) is 4.32 Å². The number of rotatable bonds is 7. The summed E-state index contributed by atoms with van der Waals surface area (Å²) in [4.78, 5) is 31.2. The first kappa shape index (κ1) is 20.3. The highest BCUT2D eigenvalue weighted by Gasteiger charge is 2.35. The van der Waals surface area contributed by atoms with E-state index in [0.717, 1.165) is 16.9 Å². The largest absolute Gasteiger partial charge is 0.302 e. The smallest absolute Gasteiger partial charge is 0.241 e. The number of thioether (sulfide) groups is 1. The average molecular weight is 440 g/mol. The molecule has 1 fully saturated rings. The van der Waals surface area contributed by atoms with Gasteiger partial charge in [-0.15, -0.1) is 11.3 Å². The van der Waals surface area contributed by atoms with Crippen LogP contribution in [0.25, 0.3) is 0 Å². The highest BCUT2D eigenvalue weighted by Crippen LogP contribution is 2.29. The first-order valence-electron chi connectivity index (χ1n) is 8.47. The molecule has 0 spiro atoms. The number of hydrogen-bond donors (Lipinski definition) is 1. The molecule has 0 saturated carbocycles. The van der Waals surface area contributed by atoms with Crippen LogP contribution in [0, 0.1) is 0 Å². The van der Waals surface area contributed by atoms with Gasteiger partial charge < -0.3 is 5.32 Å². The average Bonchev–Trinajstić information content (AvgIpc) is 3.17. The number of nitrogens with one attached hydrogen (secondary N) is 1. The summed E-state index contributed by atoms with van der Waals surface area (Å²) in [5.74, 6) is -0.183. The van der Waals surface area contributed by atoms with E-state index in [2.05, 4.69) is 10.3 Å². The standard InChI is InChI=1S/C18H18ClN3O2S3/c1-2-14-16(24)22(18(25)27-14)7-6-15(23)21-17-20-10-13(26-17)9-11-4-3-5-12(19)8-11/h3-5,8,10,14H,2,6-7,9H2,1H3,(H,20,21,23). The summed E-state index contributed by atoms with van der Waals surface area (Å²) < 4.78 is 0.553. The Hall–Kier alpha value is -1.48. The Bertz CT molecular complexity index is 871. The van der Waals surface area contributed by atoms with E-state index in [0.29, 0.717) is 27.4 Å². The highest BCUT2D eigenvalue weighted by molar-refractivity contribution is 8.24. The van der Waals surface area contributed by atoms with E-state index in [1.54, 1.807) is 6.20 Å². The molecule has 142 valence electrons. The Kier molecular flexibility index (Phi) is 6.86. The zero-order chi connectivity index (χ0) is 19.4. The minimum Gasteiger partial charge on any atom is -0.302 e. The lowest BCUT2D eigenvalue weighted by molar-refractivity contribution is -0.126. The predicted octanol–water partition coefficient (Wildman–Crippen LogP) is 4.35. The second-order valence-electron chi connectivity index (χ2n) is 6.01. The molecular weight excluding hydrogens is 422 g/mol. The zero-order valence-corrected chi connectivity index (χ0v) is 17.8. The number of aromatic nitrogens is 1. The van der Waals surface area contributed by atoms with E-state index >= 15 is 0 Å². The number of benzene rings is 1. The van der Waals surface area contributed by atoms with Gasteiger partial charge in [-0.3, -0.25) is 14.5 Å². The Morgan fingerprint density at radius 3 is 2.96 bits per heavy atom. The fraction of sp³-hybridized carbons (Fsp3) is 0.333. The summed E-state index contributed by atoms with van der Waals surface area (Å²) in [7, 11) is 0. The SMILES string of the molecule is CCC1SC(=S)N(CCC(=O)Nc2ncc(Cc3cccc(Cl)c3)s2)C1=O. The van der Waals surface area contributed by atoms with Crippen molar-refractivity contribution in [3.05, 3.63) is 45.9 Å². The first-order chi connectivity index (χ1) is 13.0. The van der Waals surface area contributed by atoms with Gasteiger partial charge >= 0.3 is 0 Å². The van der Waals surface area contributed by atoms with Gasteiger partial charge in [0.05, 0.1) is 5.25 Å². The number of carbonyl (C=O) groups is 2. The van der Waals surface area contributed by atoms with Crippen LogP contribution in [0.5, 0.6) is 0 Å². The van der Waals surface area contributed by atoms with Gasteiger partial charge in [-0.2, -0.15) is 0 Å². The second-order valence-corrected chi connectivity index (χ2v) is 9.40. The number of carbonyl (C=O) groups excluding carboxylic acids is 2. The molecule has 1 unspecified atom stereocenters. The van der Waals surface area contributed by atoms with Crippen LogP contribution in [0.3, 0.4) is 0 Å². The molecule has 2 amide bonds. The van der Waals surface area contributed by atoms with Gasteiger partial charge in [-0.05, 0) is 24.1 Å². The fourth-order valence-corrected chi connectivity index (χ4v) is 5.20. The van der Waals surface area contributed by atoms with Crippen molar-refractivity contribution >= 4 is 68.2 Å². The third-order valence-electron chi connectivity index (χ3n) is 4.01. The minimum absolute atomic E-state index is 0.00152. The molecule has 1 N–H and O–H groups in total. The Morgan fingerprint density at radius 2 is 2.26 bits per heavy atom. The fourth-order valence-electron chi connectivity index (χ4n) is 2.65. The summed E-state index contributed by atoms with van der Waals surface area (Å²) in [6.07, 6.45) is 3.38. The second kappa shape index (κ2) is 9.14. The molecule has 1 aromatic carbocycles. The number of anilines is 1. The summed E-state index contributed by atoms with van der Waals surface area (Å²) in [5.41, 5.74) is 1.09. The molecular formula is C18H18ClN3O2S3. The molecule has 1 aromatic heterocycles. The van der Waals surface area contributed by atoms with E-state index in [-0.39, 0.29) is 23.5 Å². The molecule has 1 saturated heterocycles. The number of thiazole rings is 1. The van der Waals surface area contributed by atoms with Gasteiger partial charge in [0.25, 0.3) is 0 Å². The quantitative estimate of drug-likeness (QED) is 0.649. The highest BCUT2D eigenvalue weighted by atomic mass is 35.5. The summed E-state index contributed by atoms with van der Waals surface area (Å²) in [6.45, 7) is 2.26. The lowest BCUT2D eigenvalue weighted by Gasteiger charge is -2.14. The maximum Gasteiger partial charge on any atom is 0.241 e. The van der Waals surface area contributed by atoms with Gasteiger partial charge in [-0.25, -0.2) is 4.98 Å². The number of amides is 2. The summed E-state index contributed by atoms with van der Waals surface area (Å²) in [5, 5.41) is 3.92. The third kappa shape index (κ3) is 5.28. The normalized spacial score (nSPS) is 16.8. The Morgan fingerprint density at radius 1 is 1.44 bits per heavy atom. The van der Waals surface area contributed by atoms with E-state index in [1.807, 2.05) is 31.2 Å². The molecule has 0 radical (unpaired) electrons.